The van der Waals surface area contributed by atoms with Crippen LogP contribution in [0.25, 0.3) is 0 Å². The minimum absolute atomic E-state index is 0.127. The van der Waals surface area contributed by atoms with E-state index in [1.807, 2.05) is 12.2 Å². The molecule has 2 rings (SSSR count). The second-order valence-corrected chi connectivity index (χ2v) is 6.57. The van der Waals surface area contributed by atoms with Crippen LogP contribution >= 0.6 is 0 Å². The van der Waals surface area contributed by atoms with Gasteiger partial charge in [-0.3, -0.25) is 9.59 Å². The summed E-state index contributed by atoms with van der Waals surface area (Å²) in [5.41, 5.74) is -0.460. The first-order valence-corrected chi connectivity index (χ1v) is 10.0. The Morgan fingerprint density at radius 1 is 0.909 bits per heavy atom. The van der Waals surface area contributed by atoms with Gasteiger partial charge in [0, 0.05) is 0 Å². The molecule has 0 aliphatic heterocycles. The van der Waals surface area contributed by atoms with E-state index in [1.54, 1.807) is 13.0 Å². The molecule has 0 aliphatic rings. The van der Waals surface area contributed by atoms with Gasteiger partial charge in [0.25, 0.3) is 5.91 Å². The van der Waals surface area contributed by atoms with E-state index in [1.165, 1.54) is 12.1 Å². The number of hydrogen-bond acceptors (Lipinski definition) is 6. The van der Waals surface area contributed by atoms with Crippen LogP contribution in [0.1, 0.15) is 30.6 Å². The van der Waals surface area contributed by atoms with Crippen LogP contribution in [-0.4, -0.2) is 44.1 Å². The second kappa shape index (κ2) is 12.3. The molecule has 11 heteroatoms. The molecule has 2 aromatic rings. The molecule has 0 aliphatic carbocycles. The summed E-state index contributed by atoms with van der Waals surface area (Å²) in [6, 6.07) is 5.92. The fourth-order valence-corrected chi connectivity index (χ4v) is 2.50. The van der Waals surface area contributed by atoms with E-state index in [4.69, 9.17) is 14.2 Å². The van der Waals surface area contributed by atoms with Crippen LogP contribution in [-0.2, 0) is 14.3 Å². The minimum atomic E-state index is -1.73. The fourth-order valence-electron chi connectivity index (χ4n) is 2.50. The van der Waals surface area contributed by atoms with Crippen molar-refractivity contribution >= 4 is 23.5 Å². The molecular weight excluding hydrogens is 445 g/mol. The van der Waals surface area contributed by atoms with Gasteiger partial charge in [0.2, 0.25) is 5.91 Å². The highest BCUT2D eigenvalue weighted by atomic mass is 19.2. The summed E-state index contributed by atoms with van der Waals surface area (Å²) >= 11 is 0. The summed E-state index contributed by atoms with van der Waals surface area (Å²) in [6.07, 6.45) is 0.790. The third-order valence-electron chi connectivity index (χ3n) is 4.03. The number of esters is 1. The smallest absolute Gasteiger partial charge is 0.338 e. The summed E-state index contributed by atoms with van der Waals surface area (Å²) in [5.74, 6) is -6.40. The van der Waals surface area contributed by atoms with Gasteiger partial charge < -0.3 is 24.8 Å². The quantitative estimate of drug-likeness (QED) is 0.388. The summed E-state index contributed by atoms with van der Waals surface area (Å²) in [5, 5.41) is 4.15. The molecule has 2 aromatic carbocycles. The van der Waals surface area contributed by atoms with E-state index in [0.717, 1.165) is 12.5 Å². The van der Waals surface area contributed by atoms with Crippen LogP contribution in [0.5, 0.6) is 11.5 Å². The summed E-state index contributed by atoms with van der Waals surface area (Å²) in [7, 11) is 0. The first kappa shape index (κ1) is 25.5. The Labute approximate surface area is 188 Å². The normalized spacial score (nSPS) is 10.3. The zero-order chi connectivity index (χ0) is 24.4. The highest BCUT2D eigenvalue weighted by Crippen LogP contribution is 2.29. The lowest BCUT2D eigenvalue weighted by atomic mass is 10.2. The predicted molar refractivity (Wildman–Crippen MR) is 112 cm³/mol. The molecule has 0 saturated carbocycles. The molecular formula is C22H23F3N2O6. The van der Waals surface area contributed by atoms with Crippen LogP contribution < -0.4 is 20.1 Å². The Hall–Kier alpha value is -3.76. The number of rotatable bonds is 11. The van der Waals surface area contributed by atoms with Crippen LogP contribution in [0, 0.1) is 17.5 Å². The molecule has 0 aromatic heterocycles. The summed E-state index contributed by atoms with van der Waals surface area (Å²) < 4.78 is 55.6. The molecule has 0 saturated heterocycles. The van der Waals surface area contributed by atoms with Crippen molar-refractivity contribution in [1.82, 2.24) is 5.32 Å². The van der Waals surface area contributed by atoms with Gasteiger partial charge in [-0.05, 0) is 43.7 Å². The zero-order valence-electron chi connectivity index (χ0n) is 18.0. The summed E-state index contributed by atoms with van der Waals surface area (Å²) in [6.45, 7) is 3.23. The topological polar surface area (TPSA) is 103 Å². The maximum atomic E-state index is 13.6. The van der Waals surface area contributed by atoms with E-state index >= 15 is 0 Å². The highest BCUT2D eigenvalue weighted by Gasteiger charge is 2.17. The van der Waals surface area contributed by atoms with Crippen molar-refractivity contribution in [3.8, 4) is 11.5 Å². The van der Waals surface area contributed by atoms with Gasteiger partial charge in [0.15, 0.2) is 35.6 Å². The molecule has 0 fully saturated rings. The van der Waals surface area contributed by atoms with Crippen molar-refractivity contribution in [3.05, 3.63) is 53.3 Å². The number of nitrogens with one attached hydrogen (secondary N) is 2. The van der Waals surface area contributed by atoms with Gasteiger partial charge in [0.1, 0.15) is 0 Å². The van der Waals surface area contributed by atoms with Crippen molar-refractivity contribution in [3.63, 3.8) is 0 Å². The average molecular weight is 468 g/mol. The lowest BCUT2D eigenvalue weighted by Gasteiger charge is -2.13. The second-order valence-electron chi connectivity index (χ2n) is 6.57. The Bertz CT molecular complexity index is 1020. The molecule has 0 heterocycles. The van der Waals surface area contributed by atoms with Crippen LogP contribution in [0.2, 0.25) is 0 Å². The number of hydrogen-bond donors (Lipinski definition) is 2. The Kier molecular flexibility index (Phi) is 9.52. The van der Waals surface area contributed by atoms with Crippen molar-refractivity contribution in [1.29, 1.82) is 0 Å². The van der Waals surface area contributed by atoms with Gasteiger partial charge in [0.05, 0.1) is 31.0 Å². The first-order valence-electron chi connectivity index (χ1n) is 10.0. The molecule has 0 spiro atoms. The lowest BCUT2D eigenvalue weighted by molar-refractivity contribution is -0.126. The van der Waals surface area contributed by atoms with Crippen LogP contribution in [0.15, 0.2) is 30.3 Å². The lowest BCUT2D eigenvalue weighted by Crippen LogP contribution is -2.35. The SMILES string of the molecule is CCCOc1ccc(C(=O)OCC(=O)NCC(=O)Nc2ccc(F)c(F)c2F)cc1OCC. The van der Waals surface area contributed by atoms with Crippen molar-refractivity contribution in [2.24, 2.45) is 0 Å². The van der Waals surface area contributed by atoms with E-state index in [2.05, 4.69) is 5.32 Å². The average Bonchev–Trinajstić information content (AvgIpc) is 2.80. The predicted octanol–water partition coefficient (Wildman–Crippen LogP) is 3.20. The third-order valence-corrected chi connectivity index (χ3v) is 4.03. The van der Waals surface area contributed by atoms with Crippen molar-refractivity contribution in [2.45, 2.75) is 20.3 Å². The molecule has 0 radical (unpaired) electrons. The number of ether oxygens (including phenoxy) is 3. The molecule has 33 heavy (non-hydrogen) atoms. The number of benzene rings is 2. The van der Waals surface area contributed by atoms with Gasteiger partial charge in [-0.15, -0.1) is 0 Å². The largest absolute Gasteiger partial charge is 0.490 e. The monoisotopic (exact) mass is 468 g/mol. The number of halogens is 3. The maximum Gasteiger partial charge on any atom is 0.338 e. The Balaban J connectivity index is 1.85. The molecule has 2 amide bonds. The number of carbonyl (C=O) groups excluding carboxylic acids is 3. The molecule has 178 valence electrons. The van der Waals surface area contributed by atoms with Gasteiger partial charge >= 0.3 is 5.97 Å². The molecule has 0 unspecified atom stereocenters. The van der Waals surface area contributed by atoms with Crippen molar-refractivity contribution < 1.29 is 41.8 Å². The molecule has 0 bridgehead atoms. The maximum absolute atomic E-state index is 13.6. The molecule has 2 N–H and O–H groups in total. The van der Waals surface area contributed by atoms with Gasteiger partial charge in [-0.25, -0.2) is 18.0 Å². The van der Waals surface area contributed by atoms with Gasteiger partial charge in [-0.2, -0.15) is 0 Å². The zero-order valence-corrected chi connectivity index (χ0v) is 18.0. The van der Waals surface area contributed by atoms with E-state index in [0.29, 0.717) is 30.8 Å². The minimum Gasteiger partial charge on any atom is -0.490 e. The van der Waals surface area contributed by atoms with E-state index < -0.39 is 54.1 Å². The molecule has 0 atom stereocenters. The van der Waals surface area contributed by atoms with E-state index in [9.17, 15) is 27.6 Å². The van der Waals surface area contributed by atoms with Gasteiger partial charge in [-0.1, -0.05) is 6.92 Å². The number of anilines is 1. The Morgan fingerprint density at radius 3 is 2.36 bits per heavy atom. The number of carbonyl (C=O) groups is 3. The standard InChI is InChI=1S/C22H23F3N2O6/c1-3-9-32-16-8-5-13(10-17(16)31-4-2)22(30)33-12-19(29)26-11-18(28)27-15-7-6-14(23)20(24)21(15)25/h5-8,10H,3-4,9,11-12H2,1-2H3,(H,26,29)(H,27,28). The van der Waals surface area contributed by atoms with Crippen molar-refractivity contribution in [2.75, 3.05) is 31.7 Å². The third kappa shape index (κ3) is 7.41. The summed E-state index contributed by atoms with van der Waals surface area (Å²) in [4.78, 5) is 35.9. The highest BCUT2D eigenvalue weighted by molar-refractivity contribution is 5.95. The van der Waals surface area contributed by atoms with E-state index in [-0.39, 0.29) is 5.56 Å². The fraction of sp³-hybridized carbons (Fsp3) is 0.318. The van der Waals surface area contributed by atoms with Crippen LogP contribution in [0.3, 0.4) is 0 Å². The van der Waals surface area contributed by atoms with Crippen LogP contribution in [0.4, 0.5) is 18.9 Å². The number of amides is 2. The first-order chi connectivity index (χ1) is 15.8. The Morgan fingerprint density at radius 2 is 1.67 bits per heavy atom. The molecule has 8 nitrogen and oxygen atoms in total.